The van der Waals surface area contributed by atoms with Crippen molar-refractivity contribution in [1.82, 2.24) is 4.57 Å². The van der Waals surface area contributed by atoms with Crippen molar-refractivity contribution in [2.75, 3.05) is 32.8 Å². The number of furan rings is 1. The van der Waals surface area contributed by atoms with Crippen molar-refractivity contribution in [1.29, 1.82) is 0 Å². The summed E-state index contributed by atoms with van der Waals surface area (Å²) in [6, 6.07) is 11.1. The van der Waals surface area contributed by atoms with Gasteiger partial charge in [-0.1, -0.05) is 23.5 Å². The fraction of sp³-hybridized carbons (Fsp3) is 0.304. The van der Waals surface area contributed by atoms with Gasteiger partial charge in [0.2, 0.25) is 0 Å². The molecule has 0 spiro atoms. The zero-order valence-electron chi connectivity index (χ0n) is 18.3. The van der Waals surface area contributed by atoms with Crippen LogP contribution in [0.25, 0.3) is 21.2 Å². The molecule has 0 saturated heterocycles. The molecule has 0 aliphatic rings. The lowest BCUT2D eigenvalue weighted by atomic mass is 10.2. The third kappa shape index (κ3) is 4.22. The van der Waals surface area contributed by atoms with E-state index in [0.717, 1.165) is 21.4 Å². The third-order valence-corrected chi connectivity index (χ3v) is 6.55. The Hall–Kier alpha value is -2.91. The zero-order valence-corrected chi connectivity index (χ0v) is 20.0. The Morgan fingerprint density at radius 2 is 1.94 bits per heavy atom. The molecule has 4 aromatic rings. The SMILES string of the molecule is CCOc1cccc2cc(C(=O)N=c3sc4cc(OC)c(OC)cc4n3CCSC)oc12. The molecule has 9 heteroatoms. The maximum absolute atomic E-state index is 13.0. The second kappa shape index (κ2) is 9.70. The Labute approximate surface area is 193 Å². The molecule has 0 saturated carbocycles. The van der Waals surface area contributed by atoms with Gasteiger partial charge < -0.3 is 23.2 Å². The number of thiazole rings is 1. The van der Waals surface area contributed by atoms with Gasteiger partial charge in [-0.15, -0.1) is 0 Å². The van der Waals surface area contributed by atoms with E-state index in [-0.39, 0.29) is 5.76 Å². The van der Waals surface area contributed by atoms with E-state index in [1.165, 1.54) is 11.3 Å². The molecule has 2 heterocycles. The average Bonchev–Trinajstić information content (AvgIpc) is 3.38. The van der Waals surface area contributed by atoms with Gasteiger partial charge in [0.25, 0.3) is 0 Å². The Bertz CT molecular complexity index is 1340. The molecule has 0 aliphatic heterocycles. The van der Waals surface area contributed by atoms with Crippen molar-refractivity contribution in [2.45, 2.75) is 13.5 Å². The number of amides is 1. The van der Waals surface area contributed by atoms with Crippen LogP contribution in [0.1, 0.15) is 17.5 Å². The van der Waals surface area contributed by atoms with Gasteiger partial charge in [0.1, 0.15) is 0 Å². The number of aromatic nitrogens is 1. The summed E-state index contributed by atoms with van der Waals surface area (Å²) in [7, 11) is 3.21. The second-order valence-corrected chi connectivity index (χ2v) is 8.83. The number of fused-ring (bicyclic) bond motifs is 2. The van der Waals surface area contributed by atoms with Gasteiger partial charge in [0.05, 0.1) is 31.0 Å². The molecule has 0 atom stereocenters. The quantitative estimate of drug-likeness (QED) is 0.360. The number of carbonyl (C=O) groups excluding carboxylic acids is 1. The molecule has 2 aromatic carbocycles. The highest BCUT2D eigenvalue weighted by molar-refractivity contribution is 7.98. The number of ether oxygens (including phenoxy) is 3. The lowest BCUT2D eigenvalue weighted by Gasteiger charge is -2.09. The molecule has 32 heavy (non-hydrogen) atoms. The molecule has 0 radical (unpaired) electrons. The number of hydrogen-bond acceptors (Lipinski definition) is 7. The molecule has 0 fully saturated rings. The number of hydrogen-bond donors (Lipinski definition) is 0. The minimum absolute atomic E-state index is 0.177. The van der Waals surface area contributed by atoms with Crippen molar-refractivity contribution >= 4 is 50.2 Å². The number of nitrogens with zero attached hydrogens (tertiary/aromatic N) is 2. The van der Waals surface area contributed by atoms with E-state index in [4.69, 9.17) is 18.6 Å². The van der Waals surface area contributed by atoms with Gasteiger partial charge in [-0.25, -0.2) is 0 Å². The average molecular weight is 473 g/mol. The van der Waals surface area contributed by atoms with Gasteiger partial charge in [-0.3, -0.25) is 4.79 Å². The van der Waals surface area contributed by atoms with Gasteiger partial charge in [-0.05, 0) is 25.3 Å². The first-order valence-electron chi connectivity index (χ1n) is 10.1. The first kappa shape index (κ1) is 22.3. The summed E-state index contributed by atoms with van der Waals surface area (Å²) >= 11 is 3.16. The minimum Gasteiger partial charge on any atom is -0.493 e. The van der Waals surface area contributed by atoms with E-state index in [0.29, 0.717) is 40.8 Å². The van der Waals surface area contributed by atoms with Crippen LogP contribution in [-0.4, -0.2) is 43.3 Å². The summed E-state index contributed by atoms with van der Waals surface area (Å²) in [6.07, 6.45) is 2.05. The Kier molecular flexibility index (Phi) is 6.76. The van der Waals surface area contributed by atoms with Crippen LogP contribution in [0.15, 0.2) is 45.8 Å². The molecule has 2 aromatic heterocycles. The van der Waals surface area contributed by atoms with Crippen LogP contribution < -0.4 is 19.0 Å². The smallest absolute Gasteiger partial charge is 0.315 e. The van der Waals surface area contributed by atoms with Crippen molar-refractivity contribution < 1.29 is 23.4 Å². The molecule has 0 unspecified atom stereocenters. The van der Waals surface area contributed by atoms with Crippen LogP contribution in [0.5, 0.6) is 17.2 Å². The molecule has 0 aliphatic carbocycles. The van der Waals surface area contributed by atoms with E-state index in [2.05, 4.69) is 4.99 Å². The van der Waals surface area contributed by atoms with Gasteiger partial charge in [0.15, 0.2) is 33.4 Å². The van der Waals surface area contributed by atoms with Crippen LogP contribution in [0.3, 0.4) is 0 Å². The van der Waals surface area contributed by atoms with Crippen LogP contribution >= 0.6 is 23.1 Å². The van der Waals surface area contributed by atoms with Crippen LogP contribution in [0.4, 0.5) is 0 Å². The number of rotatable bonds is 8. The monoisotopic (exact) mass is 472 g/mol. The number of benzene rings is 2. The maximum atomic E-state index is 13.0. The molecule has 168 valence electrons. The van der Waals surface area contributed by atoms with Crippen molar-refractivity contribution in [3.63, 3.8) is 0 Å². The largest absolute Gasteiger partial charge is 0.493 e. The van der Waals surface area contributed by atoms with E-state index < -0.39 is 5.91 Å². The Morgan fingerprint density at radius 1 is 1.16 bits per heavy atom. The predicted octanol–water partition coefficient (Wildman–Crippen LogP) is 4.97. The lowest BCUT2D eigenvalue weighted by molar-refractivity contribution is 0.0973. The summed E-state index contributed by atoms with van der Waals surface area (Å²) in [5.41, 5.74) is 1.49. The molecule has 1 amide bonds. The summed E-state index contributed by atoms with van der Waals surface area (Å²) in [5.74, 6) is 2.50. The van der Waals surface area contributed by atoms with E-state index in [1.807, 2.05) is 48.1 Å². The fourth-order valence-corrected chi connectivity index (χ4v) is 4.86. The van der Waals surface area contributed by atoms with Crippen molar-refractivity contribution in [3.8, 4) is 17.2 Å². The molecular formula is C23H24N2O5S2. The molecule has 7 nitrogen and oxygen atoms in total. The first-order chi connectivity index (χ1) is 15.6. The van der Waals surface area contributed by atoms with Crippen molar-refractivity contribution in [2.24, 2.45) is 4.99 Å². The van der Waals surface area contributed by atoms with Crippen LogP contribution in [0, 0.1) is 0 Å². The number of aryl methyl sites for hydroxylation is 1. The first-order valence-corrected chi connectivity index (χ1v) is 12.3. The molecule has 0 N–H and O–H groups in total. The van der Waals surface area contributed by atoms with Crippen LogP contribution in [-0.2, 0) is 6.54 Å². The highest BCUT2D eigenvalue weighted by atomic mass is 32.2. The summed E-state index contributed by atoms with van der Waals surface area (Å²) in [6.45, 7) is 3.12. The number of para-hydroxylation sites is 1. The van der Waals surface area contributed by atoms with Crippen molar-refractivity contribution in [3.05, 3.63) is 47.0 Å². The molecule has 4 rings (SSSR count). The summed E-state index contributed by atoms with van der Waals surface area (Å²) in [4.78, 5) is 18.1. The number of thioether (sulfide) groups is 1. The van der Waals surface area contributed by atoms with Crippen LogP contribution in [0.2, 0.25) is 0 Å². The maximum Gasteiger partial charge on any atom is 0.315 e. The predicted molar refractivity (Wildman–Crippen MR) is 129 cm³/mol. The Morgan fingerprint density at radius 3 is 2.66 bits per heavy atom. The van der Waals surface area contributed by atoms with E-state index >= 15 is 0 Å². The van der Waals surface area contributed by atoms with E-state index in [1.54, 1.807) is 32.0 Å². The molecular weight excluding hydrogens is 448 g/mol. The highest BCUT2D eigenvalue weighted by Crippen LogP contribution is 2.34. The Balaban J connectivity index is 1.82. The minimum atomic E-state index is -0.438. The standard InChI is InChI=1S/C23H24N2O5S2/c1-5-29-16-8-6-7-14-11-19(30-21(14)16)22(26)24-23-25(9-10-31-4)15-12-17(27-2)18(28-3)13-20(15)32-23/h6-8,11-13H,5,9-10H2,1-4H3. The summed E-state index contributed by atoms with van der Waals surface area (Å²) in [5, 5.41) is 0.801. The van der Waals surface area contributed by atoms with Gasteiger partial charge in [-0.2, -0.15) is 16.8 Å². The van der Waals surface area contributed by atoms with Gasteiger partial charge in [0, 0.05) is 29.8 Å². The topological polar surface area (TPSA) is 75.2 Å². The second-order valence-electron chi connectivity index (χ2n) is 6.84. The number of carbonyl (C=O) groups is 1. The normalized spacial score (nSPS) is 11.9. The van der Waals surface area contributed by atoms with Gasteiger partial charge >= 0.3 is 5.91 Å². The fourth-order valence-electron chi connectivity index (χ4n) is 3.43. The third-order valence-electron chi connectivity index (χ3n) is 4.92. The number of methoxy groups -OCH3 is 2. The van der Waals surface area contributed by atoms with E-state index in [9.17, 15) is 4.79 Å². The lowest BCUT2D eigenvalue weighted by Crippen LogP contribution is -2.18. The summed E-state index contributed by atoms with van der Waals surface area (Å²) < 4.78 is 25.3. The molecule has 0 bridgehead atoms. The highest BCUT2D eigenvalue weighted by Gasteiger charge is 2.17. The zero-order chi connectivity index (χ0) is 22.7.